The molecule has 0 aliphatic rings. The van der Waals surface area contributed by atoms with Crippen molar-refractivity contribution in [3.8, 4) is 0 Å². The van der Waals surface area contributed by atoms with Crippen LogP contribution in [0, 0.1) is 11.3 Å². The summed E-state index contributed by atoms with van der Waals surface area (Å²) in [6.45, 7) is 1.82. The maximum atomic E-state index is 12.2. The van der Waals surface area contributed by atoms with Gasteiger partial charge in [0.25, 0.3) is 0 Å². The van der Waals surface area contributed by atoms with Crippen molar-refractivity contribution in [3.63, 3.8) is 0 Å². The van der Waals surface area contributed by atoms with Crippen LogP contribution in [-0.2, 0) is 12.7 Å². The second kappa shape index (κ2) is 3.92. The molecule has 1 unspecified atom stereocenters. The van der Waals surface area contributed by atoms with E-state index in [2.05, 4.69) is 5.10 Å². The Labute approximate surface area is 84.4 Å². The first-order valence-electron chi connectivity index (χ1n) is 4.25. The average Bonchev–Trinajstić information content (AvgIpc) is 2.51. The molecule has 0 bridgehead atoms. The first kappa shape index (κ1) is 11.5. The van der Waals surface area contributed by atoms with E-state index in [9.17, 15) is 13.2 Å². The van der Waals surface area contributed by atoms with Crippen molar-refractivity contribution in [3.05, 3.63) is 18.0 Å². The normalized spacial score (nSPS) is 13.9. The molecular formula is C8H11F3N4. The highest BCUT2D eigenvalue weighted by Crippen LogP contribution is 2.27. The lowest BCUT2D eigenvalue weighted by Crippen LogP contribution is -2.24. The van der Waals surface area contributed by atoms with E-state index in [0.717, 1.165) is 10.7 Å². The Morgan fingerprint density at radius 3 is 2.67 bits per heavy atom. The molecule has 1 aromatic heterocycles. The largest absolute Gasteiger partial charge is 0.435 e. The van der Waals surface area contributed by atoms with Gasteiger partial charge in [-0.1, -0.05) is 6.92 Å². The van der Waals surface area contributed by atoms with Gasteiger partial charge in [0.1, 0.15) is 0 Å². The molecule has 0 amide bonds. The Hall–Kier alpha value is -1.53. The molecule has 7 heteroatoms. The Morgan fingerprint density at radius 1 is 1.67 bits per heavy atom. The molecule has 0 radical (unpaired) electrons. The fraction of sp³-hybridized carbons (Fsp3) is 0.500. The lowest BCUT2D eigenvalue weighted by molar-refractivity contribution is -0.141. The smallest absolute Gasteiger partial charge is 0.387 e. The zero-order valence-electron chi connectivity index (χ0n) is 8.04. The molecule has 1 aromatic rings. The number of hydrogen-bond acceptors (Lipinski definition) is 2. The van der Waals surface area contributed by atoms with Crippen LogP contribution in [0.4, 0.5) is 13.2 Å². The number of alkyl halides is 3. The third-order valence-electron chi connectivity index (χ3n) is 1.92. The predicted molar refractivity (Wildman–Crippen MR) is 48.3 cm³/mol. The van der Waals surface area contributed by atoms with Gasteiger partial charge in [0, 0.05) is 12.1 Å². The number of aromatic nitrogens is 2. The SMILES string of the molecule is CC(Cn1ccc(C(F)(F)F)n1)C(=N)N. The molecule has 0 saturated heterocycles. The zero-order chi connectivity index (χ0) is 11.6. The van der Waals surface area contributed by atoms with Crippen molar-refractivity contribution < 1.29 is 13.2 Å². The van der Waals surface area contributed by atoms with E-state index in [1.54, 1.807) is 6.92 Å². The van der Waals surface area contributed by atoms with Gasteiger partial charge in [-0.05, 0) is 6.07 Å². The second-order valence-electron chi connectivity index (χ2n) is 3.28. The van der Waals surface area contributed by atoms with Gasteiger partial charge in [0.15, 0.2) is 5.69 Å². The minimum absolute atomic E-state index is 0.0703. The van der Waals surface area contributed by atoms with Gasteiger partial charge in [0.2, 0.25) is 0 Å². The van der Waals surface area contributed by atoms with Gasteiger partial charge in [0.05, 0.1) is 12.4 Å². The lowest BCUT2D eigenvalue weighted by Gasteiger charge is -2.09. The van der Waals surface area contributed by atoms with Gasteiger partial charge in [-0.25, -0.2) is 0 Å². The number of nitrogens with zero attached hydrogens (tertiary/aromatic N) is 2. The van der Waals surface area contributed by atoms with Crippen LogP contribution in [0.1, 0.15) is 12.6 Å². The molecule has 1 atom stereocenters. The molecule has 15 heavy (non-hydrogen) atoms. The highest BCUT2D eigenvalue weighted by molar-refractivity contribution is 5.79. The Kier molecular flexibility index (Phi) is 3.01. The average molecular weight is 220 g/mol. The van der Waals surface area contributed by atoms with Crippen LogP contribution in [0.3, 0.4) is 0 Å². The number of rotatable bonds is 3. The van der Waals surface area contributed by atoms with E-state index in [-0.39, 0.29) is 18.3 Å². The van der Waals surface area contributed by atoms with Crippen molar-refractivity contribution >= 4 is 5.84 Å². The molecule has 0 aliphatic carbocycles. The highest BCUT2D eigenvalue weighted by Gasteiger charge is 2.33. The van der Waals surface area contributed by atoms with E-state index in [4.69, 9.17) is 11.1 Å². The summed E-state index contributed by atoms with van der Waals surface area (Å²) in [5.74, 6) is -0.398. The molecule has 0 fully saturated rings. The third kappa shape index (κ3) is 2.97. The fourth-order valence-electron chi connectivity index (χ4n) is 0.993. The summed E-state index contributed by atoms with van der Waals surface area (Å²) in [4.78, 5) is 0. The number of nitrogens with one attached hydrogen (secondary N) is 1. The number of hydrogen-bond donors (Lipinski definition) is 2. The van der Waals surface area contributed by atoms with Crippen LogP contribution in [0.2, 0.25) is 0 Å². The second-order valence-corrected chi connectivity index (χ2v) is 3.28. The molecule has 0 spiro atoms. The topological polar surface area (TPSA) is 67.7 Å². The summed E-state index contributed by atoms with van der Waals surface area (Å²) in [5.41, 5.74) is 4.26. The number of nitrogens with two attached hydrogens (primary N) is 1. The van der Waals surface area contributed by atoms with E-state index in [1.165, 1.54) is 6.20 Å². The molecule has 4 nitrogen and oxygen atoms in total. The van der Waals surface area contributed by atoms with Crippen LogP contribution in [0.5, 0.6) is 0 Å². The van der Waals surface area contributed by atoms with E-state index < -0.39 is 11.9 Å². The monoisotopic (exact) mass is 220 g/mol. The Bertz CT molecular complexity index is 355. The Balaban J connectivity index is 2.73. The van der Waals surface area contributed by atoms with Crippen LogP contribution in [-0.4, -0.2) is 15.6 Å². The standard InChI is InChI=1S/C8H11F3N4/c1-5(7(12)13)4-15-3-2-6(14-15)8(9,10)11/h2-3,5H,4H2,1H3,(H3,12,13). The van der Waals surface area contributed by atoms with Crippen LogP contribution < -0.4 is 5.73 Å². The summed E-state index contributed by atoms with van der Waals surface area (Å²) in [7, 11) is 0. The third-order valence-corrected chi connectivity index (χ3v) is 1.92. The van der Waals surface area contributed by atoms with E-state index >= 15 is 0 Å². The van der Waals surface area contributed by atoms with Crippen LogP contribution in [0.15, 0.2) is 12.3 Å². The van der Waals surface area contributed by atoms with Gasteiger partial charge >= 0.3 is 6.18 Å². The molecule has 0 aliphatic heterocycles. The van der Waals surface area contributed by atoms with Crippen molar-refractivity contribution in [1.82, 2.24) is 9.78 Å². The summed E-state index contributed by atoms with van der Waals surface area (Å²) >= 11 is 0. The number of halogens is 3. The summed E-state index contributed by atoms with van der Waals surface area (Å²) in [6, 6.07) is 0.896. The zero-order valence-corrected chi connectivity index (χ0v) is 8.04. The van der Waals surface area contributed by atoms with Gasteiger partial charge in [-0.3, -0.25) is 10.1 Å². The fourth-order valence-corrected chi connectivity index (χ4v) is 0.993. The minimum atomic E-state index is -4.43. The van der Waals surface area contributed by atoms with Gasteiger partial charge in [-0.15, -0.1) is 0 Å². The lowest BCUT2D eigenvalue weighted by atomic mass is 10.2. The number of amidine groups is 1. The quantitative estimate of drug-likeness (QED) is 0.598. The highest BCUT2D eigenvalue weighted by atomic mass is 19.4. The molecule has 0 aromatic carbocycles. The van der Waals surface area contributed by atoms with E-state index in [1.807, 2.05) is 0 Å². The molecular weight excluding hydrogens is 209 g/mol. The first-order chi connectivity index (χ1) is 6.80. The maximum absolute atomic E-state index is 12.2. The first-order valence-corrected chi connectivity index (χ1v) is 4.25. The molecule has 3 N–H and O–H groups in total. The Morgan fingerprint density at radius 2 is 2.27 bits per heavy atom. The van der Waals surface area contributed by atoms with E-state index in [0.29, 0.717) is 0 Å². The summed E-state index contributed by atoms with van der Waals surface area (Å²) in [5, 5.41) is 10.4. The molecule has 0 saturated carbocycles. The van der Waals surface area contributed by atoms with Crippen molar-refractivity contribution in [2.75, 3.05) is 0 Å². The summed E-state index contributed by atoms with van der Waals surface area (Å²) in [6.07, 6.45) is -3.20. The van der Waals surface area contributed by atoms with Crippen molar-refractivity contribution in [2.24, 2.45) is 11.7 Å². The van der Waals surface area contributed by atoms with Crippen molar-refractivity contribution in [2.45, 2.75) is 19.6 Å². The van der Waals surface area contributed by atoms with Crippen LogP contribution >= 0.6 is 0 Å². The maximum Gasteiger partial charge on any atom is 0.435 e. The predicted octanol–water partition coefficient (Wildman–Crippen LogP) is 1.47. The van der Waals surface area contributed by atoms with Gasteiger partial charge < -0.3 is 5.73 Å². The molecule has 84 valence electrons. The minimum Gasteiger partial charge on any atom is -0.387 e. The van der Waals surface area contributed by atoms with Crippen molar-refractivity contribution in [1.29, 1.82) is 5.41 Å². The molecule has 1 heterocycles. The van der Waals surface area contributed by atoms with Gasteiger partial charge in [-0.2, -0.15) is 18.3 Å². The summed E-state index contributed by atoms with van der Waals surface area (Å²) < 4.78 is 37.6. The molecule has 1 rings (SSSR count). The van der Waals surface area contributed by atoms with Crippen LogP contribution in [0.25, 0.3) is 0 Å².